The first-order valence-corrected chi connectivity index (χ1v) is 5.30. The lowest BCUT2D eigenvalue weighted by molar-refractivity contribution is -0.122. The minimum absolute atomic E-state index is 0.0108. The average molecular weight is 213 g/mol. The van der Waals surface area contributed by atoms with E-state index < -0.39 is 5.41 Å². The Bertz CT molecular complexity index is 473. The number of nitrogens with one attached hydrogen (secondary N) is 1. The Morgan fingerprint density at radius 2 is 1.94 bits per heavy atom. The molecule has 1 atom stereocenters. The summed E-state index contributed by atoms with van der Waals surface area (Å²) in [5.74, 6) is 0.0108. The number of rotatable bonds is 2. The summed E-state index contributed by atoms with van der Waals surface area (Å²) in [5.41, 5.74) is 2.14. The van der Waals surface area contributed by atoms with Gasteiger partial charge in [-0.1, -0.05) is 36.9 Å². The van der Waals surface area contributed by atoms with Gasteiger partial charge in [0.15, 0.2) is 0 Å². The third kappa shape index (κ3) is 1.56. The maximum Gasteiger partial charge on any atom is 0.238 e. The van der Waals surface area contributed by atoms with Crippen molar-refractivity contribution in [2.75, 3.05) is 0 Å². The molecule has 1 unspecified atom stereocenters. The van der Waals surface area contributed by atoms with Crippen LogP contribution in [0.25, 0.3) is 0 Å². The van der Waals surface area contributed by atoms with E-state index in [9.17, 15) is 4.79 Å². The van der Waals surface area contributed by atoms with Gasteiger partial charge in [-0.25, -0.2) is 0 Å². The smallest absolute Gasteiger partial charge is 0.238 e. The van der Waals surface area contributed by atoms with Gasteiger partial charge in [0.25, 0.3) is 0 Å². The first-order valence-electron chi connectivity index (χ1n) is 5.30. The number of amides is 1. The van der Waals surface area contributed by atoms with Gasteiger partial charge < -0.3 is 5.32 Å². The highest BCUT2D eigenvalue weighted by molar-refractivity contribution is 5.95. The molecule has 1 heterocycles. The number of carbonyl (C=O) groups excluding carboxylic acids is 1. The molecule has 0 spiro atoms. The summed E-state index contributed by atoms with van der Waals surface area (Å²) >= 11 is 0. The molecule has 2 heteroatoms. The molecule has 0 saturated carbocycles. The van der Waals surface area contributed by atoms with Crippen LogP contribution < -0.4 is 5.32 Å². The summed E-state index contributed by atoms with van der Waals surface area (Å²) in [6.45, 7) is 7.66. The SMILES string of the molecule is C=C(C)C1=CC(C)(c2ccccc2)C(=O)N1. The van der Waals surface area contributed by atoms with E-state index in [0.717, 1.165) is 16.8 Å². The fraction of sp³-hybridized carbons (Fsp3) is 0.214. The predicted octanol–water partition coefficient (Wildman–Crippen LogP) is 2.53. The molecule has 1 aliphatic rings. The van der Waals surface area contributed by atoms with Crippen LogP contribution in [0, 0.1) is 0 Å². The molecule has 82 valence electrons. The van der Waals surface area contributed by atoms with Crippen molar-refractivity contribution < 1.29 is 4.79 Å². The third-order valence-corrected chi connectivity index (χ3v) is 2.99. The Morgan fingerprint density at radius 1 is 1.31 bits per heavy atom. The fourth-order valence-corrected chi connectivity index (χ4v) is 1.87. The van der Waals surface area contributed by atoms with E-state index in [4.69, 9.17) is 0 Å². The molecule has 1 aromatic carbocycles. The Hall–Kier alpha value is -1.83. The number of carbonyl (C=O) groups is 1. The van der Waals surface area contributed by atoms with E-state index in [2.05, 4.69) is 11.9 Å². The minimum atomic E-state index is -0.574. The van der Waals surface area contributed by atoms with Gasteiger partial charge in [-0.15, -0.1) is 0 Å². The Kier molecular flexibility index (Phi) is 2.43. The van der Waals surface area contributed by atoms with Crippen molar-refractivity contribution in [2.24, 2.45) is 0 Å². The normalized spacial score (nSPS) is 23.9. The fourth-order valence-electron chi connectivity index (χ4n) is 1.87. The summed E-state index contributed by atoms with van der Waals surface area (Å²) in [6, 6.07) is 9.78. The molecule has 2 rings (SSSR count). The Morgan fingerprint density at radius 3 is 2.44 bits per heavy atom. The molecule has 0 radical (unpaired) electrons. The van der Waals surface area contributed by atoms with Crippen molar-refractivity contribution >= 4 is 5.91 Å². The van der Waals surface area contributed by atoms with Gasteiger partial charge >= 0.3 is 0 Å². The van der Waals surface area contributed by atoms with E-state index in [1.165, 1.54) is 0 Å². The van der Waals surface area contributed by atoms with Gasteiger partial charge in [0.05, 0.1) is 5.41 Å². The standard InChI is InChI=1S/C14H15NO/c1-10(2)12-9-14(3,13(16)15-12)11-7-5-4-6-8-11/h4-9H,1H2,2-3H3,(H,15,16). The van der Waals surface area contributed by atoms with E-state index in [1.54, 1.807) is 0 Å². The first kappa shape index (κ1) is 10.7. The second kappa shape index (κ2) is 3.63. The lowest BCUT2D eigenvalue weighted by atomic mass is 9.83. The Balaban J connectivity index is 2.47. The van der Waals surface area contributed by atoms with Crippen LogP contribution in [0.4, 0.5) is 0 Å². The zero-order chi connectivity index (χ0) is 11.8. The lowest BCUT2D eigenvalue weighted by Gasteiger charge is -2.19. The summed E-state index contributed by atoms with van der Waals surface area (Å²) in [7, 11) is 0. The van der Waals surface area contributed by atoms with Crippen LogP contribution in [0.5, 0.6) is 0 Å². The first-order chi connectivity index (χ1) is 7.54. The molecule has 0 aromatic heterocycles. The summed E-state index contributed by atoms with van der Waals surface area (Å²) in [5, 5.41) is 2.87. The van der Waals surface area contributed by atoms with E-state index in [-0.39, 0.29) is 5.91 Å². The quantitative estimate of drug-likeness (QED) is 0.803. The van der Waals surface area contributed by atoms with E-state index >= 15 is 0 Å². The molecule has 2 nitrogen and oxygen atoms in total. The molecule has 0 fully saturated rings. The maximum absolute atomic E-state index is 12.0. The predicted molar refractivity (Wildman–Crippen MR) is 64.8 cm³/mol. The maximum atomic E-state index is 12.0. The third-order valence-electron chi connectivity index (χ3n) is 2.99. The molecule has 0 saturated heterocycles. The van der Waals surface area contributed by atoms with Crippen LogP contribution in [0.2, 0.25) is 0 Å². The molecule has 0 aliphatic carbocycles. The second-order valence-electron chi connectivity index (χ2n) is 4.36. The van der Waals surface area contributed by atoms with Crippen molar-refractivity contribution in [3.8, 4) is 0 Å². The Labute approximate surface area is 95.7 Å². The number of benzene rings is 1. The van der Waals surface area contributed by atoms with Gasteiger partial charge in [0.1, 0.15) is 0 Å². The van der Waals surface area contributed by atoms with Gasteiger partial charge in [-0.05, 0) is 31.1 Å². The second-order valence-corrected chi connectivity index (χ2v) is 4.36. The van der Waals surface area contributed by atoms with Gasteiger partial charge in [0.2, 0.25) is 5.91 Å². The van der Waals surface area contributed by atoms with E-state index in [0.29, 0.717) is 0 Å². The number of allylic oxidation sites excluding steroid dienone is 1. The van der Waals surface area contributed by atoms with Crippen molar-refractivity contribution in [3.63, 3.8) is 0 Å². The van der Waals surface area contributed by atoms with Crippen LogP contribution in [0.1, 0.15) is 19.4 Å². The highest BCUT2D eigenvalue weighted by Crippen LogP contribution is 2.32. The summed E-state index contributed by atoms with van der Waals surface area (Å²) < 4.78 is 0. The molecule has 1 aliphatic heterocycles. The topological polar surface area (TPSA) is 29.1 Å². The summed E-state index contributed by atoms with van der Waals surface area (Å²) in [4.78, 5) is 12.0. The van der Waals surface area contributed by atoms with Crippen LogP contribution in [-0.4, -0.2) is 5.91 Å². The lowest BCUT2D eigenvalue weighted by Crippen LogP contribution is -2.33. The number of hydrogen-bond donors (Lipinski definition) is 1. The molecule has 1 aromatic rings. The molecule has 1 N–H and O–H groups in total. The number of hydrogen-bond acceptors (Lipinski definition) is 1. The van der Waals surface area contributed by atoms with E-state index in [1.807, 2.05) is 50.3 Å². The largest absolute Gasteiger partial charge is 0.325 e. The van der Waals surface area contributed by atoms with Crippen LogP contribution >= 0.6 is 0 Å². The zero-order valence-corrected chi connectivity index (χ0v) is 9.58. The van der Waals surface area contributed by atoms with Gasteiger partial charge in [-0.3, -0.25) is 4.79 Å². The van der Waals surface area contributed by atoms with Crippen molar-refractivity contribution in [3.05, 3.63) is 59.8 Å². The molecular formula is C14H15NO. The van der Waals surface area contributed by atoms with Crippen molar-refractivity contribution in [1.82, 2.24) is 5.32 Å². The molecular weight excluding hydrogens is 198 g/mol. The van der Waals surface area contributed by atoms with Gasteiger partial charge in [-0.2, -0.15) is 0 Å². The van der Waals surface area contributed by atoms with Crippen LogP contribution in [0.3, 0.4) is 0 Å². The van der Waals surface area contributed by atoms with Gasteiger partial charge in [0, 0.05) is 5.70 Å². The minimum Gasteiger partial charge on any atom is -0.325 e. The monoisotopic (exact) mass is 213 g/mol. The summed E-state index contributed by atoms with van der Waals surface area (Å²) in [6.07, 6.45) is 1.95. The zero-order valence-electron chi connectivity index (χ0n) is 9.58. The molecule has 16 heavy (non-hydrogen) atoms. The van der Waals surface area contributed by atoms with Crippen molar-refractivity contribution in [2.45, 2.75) is 19.3 Å². The highest BCUT2D eigenvalue weighted by atomic mass is 16.2. The highest BCUT2D eigenvalue weighted by Gasteiger charge is 2.38. The van der Waals surface area contributed by atoms with Crippen LogP contribution in [0.15, 0.2) is 54.3 Å². The molecule has 0 bridgehead atoms. The van der Waals surface area contributed by atoms with Crippen LogP contribution in [-0.2, 0) is 10.2 Å². The molecule has 1 amide bonds. The average Bonchev–Trinajstić information content (AvgIpc) is 2.58. The van der Waals surface area contributed by atoms with Crippen molar-refractivity contribution in [1.29, 1.82) is 0 Å².